The Hall–Kier alpha value is -0.0400. The van der Waals surface area contributed by atoms with Crippen LogP contribution in [-0.4, -0.2) is 43.7 Å². The first-order valence-electron chi connectivity index (χ1n) is 6.88. The Bertz CT molecular complexity index is 267. The van der Waals surface area contributed by atoms with Crippen LogP contribution in [0.3, 0.4) is 0 Å². The number of morpholine rings is 1. The van der Waals surface area contributed by atoms with Crippen LogP contribution in [0, 0.1) is 11.8 Å². The molecule has 1 saturated carbocycles. The molecule has 2 fully saturated rings. The van der Waals surface area contributed by atoms with Crippen molar-refractivity contribution in [3.63, 3.8) is 0 Å². The van der Waals surface area contributed by atoms with Crippen LogP contribution in [0.5, 0.6) is 0 Å². The van der Waals surface area contributed by atoms with E-state index in [2.05, 4.69) is 16.8 Å². The largest absolute Gasteiger partial charge is 0.378 e. The topological polar surface area (TPSA) is 50.8 Å². The zero-order valence-electron chi connectivity index (χ0n) is 11.3. The predicted molar refractivity (Wildman–Crippen MR) is 85.4 cm³/mol. The summed E-state index contributed by atoms with van der Waals surface area (Å²) in [4.78, 5) is 6.71. The Labute approximate surface area is 127 Å². The number of halogens is 1. The molecular formula is C13H26IN3O. The third-order valence-electron chi connectivity index (χ3n) is 3.89. The van der Waals surface area contributed by atoms with E-state index < -0.39 is 0 Å². The fraction of sp³-hybridized carbons (Fsp3) is 0.923. The van der Waals surface area contributed by atoms with Crippen LogP contribution in [0.25, 0.3) is 0 Å². The summed E-state index contributed by atoms with van der Waals surface area (Å²) in [6, 6.07) is 0. The number of rotatable bonds is 2. The van der Waals surface area contributed by atoms with E-state index in [1.807, 2.05) is 0 Å². The van der Waals surface area contributed by atoms with Crippen molar-refractivity contribution >= 4 is 29.9 Å². The van der Waals surface area contributed by atoms with Crippen LogP contribution in [0.4, 0.5) is 0 Å². The van der Waals surface area contributed by atoms with Gasteiger partial charge in [-0.2, -0.15) is 0 Å². The second kappa shape index (κ2) is 8.19. The second-order valence-corrected chi connectivity index (χ2v) is 5.44. The second-order valence-electron chi connectivity index (χ2n) is 5.44. The number of nitrogens with zero attached hydrogens (tertiary/aromatic N) is 2. The molecule has 0 aromatic carbocycles. The lowest BCUT2D eigenvalue weighted by Crippen LogP contribution is -2.45. The summed E-state index contributed by atoms with van der Waals surface area (Å²) in [6.45, 7) is 6.58. The summed E-state index contributed by atoms with van der Waals surface area (Å²) in [7, 11) is 0. The Kier molecular flexibility index (Phi) is 7.29. The number of ether oxygens (including phenoxy) is 1. The first kappa shape index (κ1) is 16.0. The van der Waals surface area contributed by atoms with Crippen molar-refractivity contribution in [1.82, 2.24) is 4.90 Å². The Balaban J connectivity index is 0.00000162. The minimum absolute atomic E-state index is 0. The molecule has 0 aromatic rings. The molecule has 2 N–H and O–H groups in total. The van der Waals surface area contributed by atoms with E-state index in [1.54, 1.807) is 0 Å². The van der Waals surface area contributed by atoms with E-state index in [1.165, 1.54) is 25.7 Å². The molecule has 1 heterocycles. The minimum Gasteiger partial charge on any atom is -0.378 e. The fourth-order valence-electron chi connectivity index (χ4n) is 2.84. The van der Waals surface area contributed by atoms with Crippen molar-refractivity contribution in [1.29, 1.82) is 0 Å². The van der Waals surface area contributed by atoms with Crippen LogP contribution in [0.1, 0.15) is 32.6 Å². The Morgan fingerprint density at radius 3 is 2.72 bits per heavy atom. The van der Waals surface area contributed by atoms with Crippen LogP contribution >= 0.6 is 24.0 Å². The molecule has 2 unspecified atom stereocenters. The maximum atomic E-state index is 6.02. The van der Waals surface area contributed by atoms with Gasteiger partial charge in [0.15, 0.2) is 5.96 Å². The number of aliphatic imine (C=N–C) groups is 1. The van der Waals surface area contributed by atoms with Crippen LogP contribution in [-0.2, 0) is 4.74 Å². The molecule has 0 aromatic heterocycles. The Morgan fingerprint density at radius 1 is 1.33 bits per heavy atom. The first-order valence-corrected chi connectivity index (χ1v) is 6.88. The van der Waals surface area contributed by atoms with Crippen molar-refractivity contribution in [2.24, 2.45) is 22.6 Å². The molecule has 18 heavy (non-hydrogen) atoms. The summed E-state index contributed by atoms with van der Waals surface area (Å²) in [5.41, 5.74) is 6.02. The molecule has 2 atom stereocenters. The van der Waals surface area contributed by atoms with Gasteiger partial charge >= 0.3 is 0 Å². The lowest BCUT2D eigenvalue weighted by Gasteiger charge is -2.29. The van der Waals surface area contributed by atoms with E-state index in [0.29, 0.717) is 5.96 Å². The van der Waals surface area contributed by atoms with E-state index in [9.17, 15) is 0 Å². The van der Waals surface area contributed by atoms with Crippen LogP contribution in [0.2, 0.25) is 0 Å². The predicted octanol–water partition coefficient (Wildman–Crippen LogP) is 2.08. The zero-order chi connectivity index (χ0) is 12.1. The lowest BCUT2D eigenvalue weighted by atomic mass is 9.82. The average molecular weight is 367 g/mol. The normalized spacial score (nSPS) is 29.8. The molecule has 5 heteroatoms. The van der Waals surface area contributed by atoms with Gasteiger partial charge in [-0.05, 0) is 24.7 Å². The minimum atomic E-state index is 0. The van der Waals surface area contributed by atoms with Crippen molar-refractivity contribution in [2.75, 3.05) is 32.8 Å². The van der Waals surface area contributed by atoms with Gasteiger partial charge < -0.3 is 15.4 Å². The van der Waals surface area contributed by atoms with Gasteiger partial charge in [-0.1, -0.05) is 19.8 Å². The smallest absolute Gasteiger partial charge is 0.191 e. The molecule has 0 spiro atoms. The summed E-state index contributed by atoms with van der Waals surface area (Å²) >= 11 is 0. The molecule has 0 bridgehead atoms. The van der Waals surface area contributed by atoms with Crippen molar-refractivity contribution in [3.8, 4) is 0 Å². The monoisotopic (exact) mass is 367 g/mol. The molecule has 1 aliphatic heterocycles. The number of hydrogen-bond donors (Lipinski definition) is 1. The Morgan fingerprint density at radius 2 is 2.06 bits per heavy atom. The molecule has 0 amide bonds. The summed E-state index contributed by atoms with van der Waals surface area (Å²) in [6.07, 6.45) is 5.39. The van der Waals surface area contributed by atoms with Crippen LogP contribution in [0.15, 0.2) is 4.99 Å². The number of nitrogens with two attached hydrogens (primary N) is 1. The highest BCUT2D eigenvalue weighted by Gasteiger charge is 2.19. The third kappa shape index (κ3) is 4.91. The quantitative estimate of drug-likeness (QED) is 0.462. The summed E-state index contributed by atoms with van der Waals surface area (Å²) in [5, 5.41) is 0. The van der Waals surface area contributed by atoms with Crippen LogP contribution < -0.4 is 5.73 Å². The summed E-state index contributed by atoms with van der Waals surface area (Å²) in [5.74, 6) is 2.33. The first-order chi connectivity index (χ1) is 8.25. The molecule has 4 nitrogen and oxygen atoms in total. The highest BCUT2D eigenvalue weighted by molar-refractivity contribution is 14.0. The number of hydrogen-bond acceptors (Lipinski definition) is 2. The third-order valence-corrected chi connectivity index (χ3v) is 3.89. The molecule has 2 aliphatic rings. The van der Waals surface area contributed by atoms with Gasteiger partial charge in [0, 0.05) is 19.6 Å². The highest BCUT2D eigenvalue weighted by Crippen LogP contribution is 2.28. The summed E-state index contributed by atoms with van der Waals surface area (Å²) < 4.78 is 5.31. The standard InChI is InChI=1S/C13H25N3O.HI/c1-11-3-2-4-12(9-11)10-15-13(14)16-5-7-17-8-6-16;/h11-12H,2-10H2,1H3,(H2,14,15);1H. The molecule has 2 rings (SSSR count). The SMILES string of the molecule is CC1CCCC(CN=C(N)N2CCOCC2)C1.I. The van der Waals surface area contributed by atoms with Gasteiger partial charge in [0.1, 0.15) is 0 Å². The zero-order valence-corrected chi connectivity index (χ0v) is 13.6. The fourth-order valence-corrected chi connectivity index (χ4v) is 2.84. The van der Waals surface area contributed by atoms with Gasteiger partial charge in [-0.15, -0.1) is 24.0 Å². The van der Waals surface area contributed by atoms with E-state index in [0.717, 1.165) is 44.7 Å². The van der Waals surface area contributed by atoms with Gasteiger partial charge in [-0.3, -0.25) is 4.99 Å². The molecule has 1 aliphatic carbocycles. The van der Waals surface area contributed by atoms with E-state index in [-0.39, 0.29) is 24.0 Å². The van der Waals surface area contributed by atoms with Crippen molar-refractivity contribution < 1.29 is 4.74 Å². The number of guanidine groups is 1. The lowest BCUT2D eigenvalue weighted by molar-refractivity contribution is 0.0673. The maximum Gasteiger partial charge on any atom is 0.191 e. The van der Waals surface area contributed by atoms with Crippen molar-refractivity contribution in [3.05, 3.63) is 0 Å². The molecule has 0 radical (unpaired) electrons. The van der Waals surface area contributed by atoms with Gasteiger partial charge in [0.25, 0.3) is 0 Å². The molecule has 106 valence electrons. The molecular weight excluding hydrogens is 341 g/mol. The molecule has 1 saturated heterocycles. The maximum absolute atomic E-state index is 6.02. The average Bonchev–Trinajstić information content (AvgIpc) is 2.37. The van der Waals surface area contributed by atoms with Gasteiger partial charge in [0.2, 0.25) is 0 Å². The van der Waals surface area contributed by atoms with E-state index >= 15 is 0 Å². The van der Waals surface area contributed by atoms with Crippen molar-refractivity contribution in [2.45, 2.75) is 32.6 Å². The van der Waals surface area contributed by atoms with Gasteiger partial charge in [0.05, 0.1) is 13.2 Å². The highest BCUT2D eigenvalue weighted by atomic mass is 127. The van der Waals surface area contributed by atoms with E-state index in [4.69, 9.17) is 10.5 Å². The van der Waals surface area contributed by atoms with Gasteiger partial charge in [-0.25, -0.2) is 0 Å².